The van der Waals surface area contributed by atoms with Crippen LogP contribution in [0, 0.1) is 5.92 Å². The van der Waals surface area contributed by atoms with Crippen molar-refractivity contribution in [3.8, 4) is 0 Å². The minimum absolute atomic E-state index is 0.0263. The summed E-state index contributed by atoms with van der Waals surface area (Å²) in [4.78, 5) is 0. The molecule has 0 fully saturated rings. The molecular weight excluding hydrogens is 547 g/mol. The van der Waals surface area contributed by atoms with Crippen LogP contribution in [0.15, 0.2) is 152 Å². The highest BCUT2D eigenvalue weighted by Crippen LogP contribution is 2.55. The molecule has 0 aliphatic heterocycles. The summed E-state index contributed by atoms with van der Waals surface area (Å²) in [6.45, 7) is 9.76. The quantitative estimate of drug-likeness (QED) is 0.0875. The van der Waals surface area contributed by atoms with Crippen LogP contribution in [0.2, 0.25) is 19.6 Å². The average molecular weight is 589 g/mol. The van der Waals surface area contributed by atoms with E-state index in [4.69, 9.17) is 4.74 Å². The molecule has 0 heterocycles. The summed E-state index contributed by atoms with van der Waals surface area (Å²) in [7, 11) is -5.06. The lowest BCUT2D eigenvalue weighted by Crippen LogP contribution is -2.49. The van der Waals surface area contributed by atoms with Crippen LogP contribution in [0.25, 0.3) is 0 Å². The van der Waals surface area contributed by atoms with E-state index in [-0.39, 0.29) is 11.2 Å². The van der Waals surface area contributed by atoms with Crippen molar-refractivity contribution >= 4 is 25.8 Å². The average Bonchev–Trinajstić information content (AvgIpc) is 3.03. The minimum atomic E-state index is -3.03. The molecule has 5 aromatic rings. The first-order valence-electron chi connectivity index (χ1n) is 14.8. The van der Waals surface area contributed by atoms with Gasteiger partial charge in [-0.1, -0.05) is 178 Å². The van der Waals surface area contributed by atoms with E-state index in [9.17, 15) is 0 Å². The fourth-order valence-electron chi connectivity index (χ4n) is 6.64. The zero-order valence-electron chi connectivity index (χ0n) is 25.1. The highest BCUT2D eigenvalue weighted by atomic mass is 31.2. The second-order valence-corrected chi connectivity index (χ2v) is 21.0. The monoisotopic (exact) mass is 588 g/mol. The van der Waals surface area contributed by atoms with E-state index in [1.54, 1.807) is 0 Å². The molecule has 42 heavy (non-hydrogen) atoms. The maximum atomic E-state index is 15.7. The van der Waals surface area contributed by atoms with Crippen LogP contribution in [-0.4, -0.2) is 20.0 Å². The minimum Gasteiger partial charge on any atom is -0.361 e. The van der Waals surface area contributed by atoms with Crippen LogP contribution < -0.4 is 10.6 Å². The lowest BCUT2D eigenvalue weighted by molar-refractivity contribution is -0.00357. The zero-order chi connectivity index (χ0) is 29.6. The Bertz CT molecular complexity index is 1440. The first-order valence-corrected chi connectivity index (χ1v) is 20.1. The maximum Gasteiger partial charge on any atom is 0.144 e. The largest absolute Gasteiger partial charge is 0.361 e. The summed E-state index contributed by atoms with van der Waals surface area (Å²) in [6.07, 6.45) is 0. The molecule has 0 aliphatic carbocycles. The van der Waals surface area contributed by atoms with Gasteiger partial charge in [0.2, 0.25) is 0 Å². The molecule has 214 valence electrons. The fourth-order valence-corrected chi connectivity index (χ4v) is 16.7. The van der Waals surface area contributed by atoms with E-state index in [2.05, 4.69) is 124 Å². The van der Waals surface area contributed by atoms with Crippen molar-refractivity contribution in [3.05, 3.63) is 168 Å². The van der Waals surface area contributed by atoms with Gasteiger partial charge in [-0.3, -0.25) is 0 Å². The molecule has 0 amide bonds. The Labute approximate surface area is 252 Å². The molecule has 0 bridgehead atoms. The van der Waals surface area contributed by atoms with Gasteiger partial charge in [-0.05, 0) is 22.6 Å². The fraction of sp³-hybridized carbons (Fsp3) is 0.211. The molecule has 0 saturated heterocycles. The van der Waals surface area contributed by atoms with E-state index in [1.807, 2.05) is 54.6 Å². The van der Waals surface area contributed by atoms with Crippen LogP contribution in [0.1, 0.15) is 23.6 Å². The predicted molar refractivity (Wildman–Crippen MR) is 181 cm³/mol. The summed E-state index contributed by atoms with van der Waals surface area (Å²) >= 11 is 0. The number of benzene rings is 5. The molecular formula is C38H41O2PSi. The van der Waals surface area contributed by atoms with Gasteiger partial charge in [0.15, 0.2) is 0 Å². The summed E-state index contributed by atoms with van der Waals surface area (Å²) in [5, 5.41) is 1.82. The lowest BCUT2D eigenvalue weighted by Gasteiger charge is -2.43. The van der Waals surface area contributed by atoms with Crippen molar-refractivity contribution in [2.24, 2.45) is 5.92 Å². The predicted octanol–water partition coefficient (Wildman–Crippen LogP) is 8.89. The zero-order valence-corrected chi connectivity index (χ0v) is 27.0. The van der Waals surface area contributed by atoms with Gasteiger partial charge in [-0.2, -0.15) is 0 Å². The lowest BCUT2D eigenvalue weighted by atomic mass is 9.80. The SMILES string of the molecule is C[C@@H](COC(c1ccccc1)(c1ccccc1)c1ccccc1)[C@H]([Si](C)(C)C)P(=O)(c1ccccc1)c1ccccc1. The second-order valence-electron chi connectivity index (χ2n) is 12.2. The second kappa shape index (κ2) is 12.8. The highest BCUT2D eigenvalue weighted by molar-refractivity contribution is 7.81. The van der Waals surface area contributed by atoms with Crippen LogP contribution in [0.5, 0.6) is 0 Å². The van der Waals surface area contributed by atoms with Gasteiger partial charge >= 0.3 is 0 Å². The molecule has 5 aromatic carbocycles. The Hall–Kier alpha value is -3.49. The molecule has 0 N–H and O–H groups in total. The molecule has 0 spiro atoms. The van der Waals surface area contributed by atoms with Gasteiger partial charge in [0.1, 0.15) is 12.7 Å². The number of ether oxygens (including phenoxy) is 1. The molecule has 0 saturated carbocycles. The summed E-state index contributed by atoms with van der Waals surface area (Å²) in [5.74, 6) is 0.0263. The topological polar surface area (TPSA) is 26.3 Å². The molecule has 0 radical (unpaired) electrons. The van der Waals surface area contributed by atoms with E-state index >= 15 is 4.57 Å². The van der Waals surface area contributed by atoms with Crippen molar-refractivity contribution in [3.63, 3.8) is 0 Å². The van der Waals surface area contributed by atoms with E-state index in [1.165, 1.54) is 0 Å². The van der Waals surface area contributed by atoms with Crippen molar-refractivity contribution in [2.75, 3.05) is 6.61 Å². The summed E-state index contributed by atoms with van der Waals surface area (Å²) < 4.78 is 23.0. The summed E-state index contributed by atoms with van der Waals surface area (Å²) in [5.41, 5.74) is 2.42. The number of rotatable bonds is 11. The number of hydrogen-bond acceptors (Lipinski definition) is 2. The van der Waals surface area contributed by atoms with Crippen molar-refractivity contribution in [1.29, 1.82) is 0 Å². The molecule has 2 nitrogen and oxygen atoms in total. The molecule has 0 unspecified atom stereocenters. The van der Waals surface area contributed by atoms with Crippen LogP contribution in [0.4, 0.5) is 0 Å². The van der Waals surface area contributed by atoms with E-state index in [0.29, 0.717) is 6.61 Å². The molecule has 2 atom stereocenters. The normalized spacial score (nSPS) is 13.8. The Kier molecular flexibility index (Phi) is 9.13. The third kappa shape index (κ3) is 5.88. The third-order valence-electron chi connectivity index (χ3n) is 8.20. The third-order valence-corrected chi connectivity index (χ3v) is 17.4. The molecule has 4 heteroatoms. The van der Waals surface area contributed by atoms with E-state index in [0.717, 1.165) is 27.3 Å². The highest BCUT2D eigenvalue weighted by Gasteiger charge is 2.48. The van der Waals surface area contributed by atoms with Crippen LogP contribution in [-0.2, 0) is 14.9 Å². The van der Waals surface area contributed by atoms with E-state index < -0.39 is 20.8 Å². The Balaban J connectivity index is 1.64. The van der Waals surface area contributed by atoms with Gasteiger partial charge in [0.25, 0.3) is 0 Å². The Morgan fingerprint density at radius 1 is 0.571 bits per heavy atom. The number of hydrogen-bond donors (Lipinski definition) is 0. The van der Waals surface area contributed by atoms with Crippen molar-refractivity contribution in [2.45, 2.75) is 37.4 Å². The van der Waals surface area contributed by atoms with Gasteiger partial charge in [-0.25, -0.2) is 0 Å². The molecule has 0 aliphatic rings. The Morgan fingerprint density at radius 3 is 1.19 bits per heavy atom. The van der Waals surface area contributed by atoms with Crippen LogP contribution in [0.3, 0.4) is 0 Å². The Morgan fingerprint density at radius 2 is 0.881 bits per heavy atom. The van der Waals surface area contributed by atoms with Gasteiger partial charge < -0.3 is 9.30 Å². The van der Waals surface area contributed by atoms with Crippen molar-refractivity contribution < 1.29 is 9.30 Å². The van der Waals surface area contributed by atoms with Crippen LogP contribution >= 0.6 is 7.14 Å². The summed E-state index contributed by atoms with van der Waals surface area (Å²) in [6, 6.07) is 51.8. The maximum absolute atomic E-state index is 15.7. The smallest absolute Gasteiger partial charge is 0.144 e. The molecule has 5 rings (SSSR count). The standard InChI is InChI=1S/C38H41O2PSi/c1-31(37(42(2,3)4)41(39,35-26-16-8-17-27-35)36-28-18-9-19-29-36)30-40-38(32-20-10-5-11-21-32,33-22-12-6-13-23-33)34-24-14-7-15-25-34/h5-29,31,37H,30H2,1-4H3/t31-,37-/m0/s1. The van der Waals surface area contributed by atoms with Gasteiger partial charge in [-0.15, -0.1) is 0 Å². The first-order chi connectivity index (χ1) is 20.3. The molecule has 0 aromatic heterocycles. The van der Waals surface area contributed by atoms with Crippen molar-refractivity contribution in [1.82, 2.24) is 0 Å². The van der Waals surface area contributed by atoms with Gasteiger partial charge in [0, 0.05) is 15.9 Å². The first kappa shape index (κ1) is 30.0. The van der Waals surface area contributed by atoms with Gasteiger partial charge in [0.05, 0.1) is 14.7 Å².